The number of hydrogen-bond donors (Lipinski definition) is 0. The molecule has 112 valence electrons. The topological polar surface area (TPSA) is 20.3 Å². The summed E-state index contributed by atoms with van der Waals surface area (Å²) in [7, 11) is 0. The van der Waals surface area contributed by atoms with Crippen molar-refractivity contribution in [3.8, 4) is 0 Å². The van der Waals surface area contributed by atoms with Crippen molar-refractivity contribution >= 4 is 5.91 Å². The summed E-state index contributed by atoms with van der Waals surface area (Å²) in [6, 6.07) is 0.928. The van der Waals surface area contributed by atoms with E-state index in [1.54, 1.807) is 0 Å². The molecule has 1 unspecified atom stereocenters. The molecule has 19 heavy (non-hydrogen) atoms. The average Bonchev–Trinajstić information content (AvgIpc) is 2.71. The van der Waals surface area contributed by atoms with E-state index in [2.05, 4.69) is 53.4 Å². The lowest BCUT2D eigenvalue weighted by Crippen LogP contribution is -2.48. The van der Waals surface area contributed by atoms with Crippen molar-refractivity contribution in [2.45, 2.75) is 79.8 Å². The Hall–Kier alpha value is -0.530. The molecule has 0 aromatic heterocycles. The number of rotatable bonds is 5. The second-order valence-corrected chi connectivity index (χ2v) is 7.21. The maximum atomic E-state index is 13.0. The number of carbonyl (C=O) groups is 1. The van der Waals surface area contributed by atoms with Crippen LogP contribution in [0.15, 0.2) is 0 Å². The van der Waals surface area contributed by atoms with Gasteiger partial charge in [0.1, 0.15) is 0 Å². The minimum atomic E-state index is 0.174. The number of likely N-dealkylation sites (tertiary alicyclic amines) is 1. The summed E-state index contributed by atoms with van der Waals surface area (Å²) in [4.78, 5) is 15.3. The van der Waals surface area contributed by atoms with Crippen molar-refractivity contribution < 1.29 is 4.79 Å². The highest BCUT2D eigenvalue weighted by molar-refractivity contribution is 5.80. The van der Waals surface area contributed by atoms with Gasteiger partial charge in [-0.25, -0.2) is 0 Å². The van der Waals surface area contributed by atoms with Crippen molar-refractivity contribution in [1.29, 1.82) is 0 Å². The van der Waals surface area contributed by atoms with Gasteiger partial charge in [0.25, 0.3) is 0 Å². The molecule has 1 rings (SSSR count). The third kappa shape index (κ3) is 3.52. The lowest BCUT2D eigenvalue weighted by molar-refractivity contribution is -0.142. The van der Waals surface area contributed by atoms with Crippen LogP contribution in [-0.2, 0) is 4.79 Å². The van der Waals surface area contributed by atoms with Crippen molar-refractivity contribution in [1.82, 2.24) is 4.90 Å². The zero-order chi connectivity index (χ0) is 14.7. The fourth-order valence-corrected chi connectivity index (χ4v) is 3.82. The quantitative estimate of drug-likeness (QED) is 0.725. The summed E-state index contributed by atoms with van der Waals surface area (Å²) in [5.41, 5.74) is 0. The van der Waals surface area contributed by atoms with Crippen LogP contribution >= 0.6 is 0 Å². The van der Waals surface area contributed by atoms with E-state index in [9.17, 15) is 4.79 Å². The Morgan fingerprint density at radius 3 is 1.95 bits per heavy atom. The van der Waals surface area contributed by atoms with E-state index < -0.39 is 0 Å². The second kappa shape index (κ2) is 6.76. The summed E-state index contributed by atoms with van der Waals surface area (Å²) in [6.45, 7) is 15.5. The van der Waals surface area contributed by atoms with Crippen LogP contribution in [0.5, 0.6) is 0 Å². The Kier molecular flexibility index (Phi) is 5.88. The standard InChI is InChI=1S/C17H33NO/c1-8-14-9-10-15(11(2)3)18(14)17(19)16(12(4)5)13(6)7/h11-16H,8-10H2,1-7H3/t14?,15-/m0/s1. The Morgan fingerprint density at radius 2 is 1.58 bits per heavy atom. The SMILES string of the molecule is CCC1CC[C@@H](C(C)C)N1C(=O)C(C(C)C)C(C)C. The van der Waals surface area contributed by atoms with E-state index in [4.69, 9.17) is 0 Å². The lowest BCUT2D eigenvalue weighted by Gasteiger charge is -2.37. The van der Waals surface area contributed by atoms with Crippen molar-refractivity contribution in [3.63, 3.8) is 0 Å². The Morgan fingerprint density at radius 1 is 1.05 bits per heavy atom. The number of amides is 1. The molecule has 1 aliphatic heterocycles. The normalized spacial score (nSPS) is 24.3. The van der Waals surface area contributed by atoms with E-state index in [1.807, 2.05) is 0 Å². The first kappa shape index (κ1) is 16.5. The van der Waals surface area contributed by atoms with Crippen LogP contribution in [0, 0.1) is 23.7 Å². The second-order valence-electron chi connectivity index (χ2n) is 7.21. The highest BCUT2D eigenvalue weighted by Crippen LogP contribution is 2.34. The molecule has 0 radical (unpaired) electrons. The van der Waals surface area contributed by atoms with Gasteiger partial charge in [0, 0.05) is 18.0 Å². The van der Waals surface area contributed by atoms with Crippen LogP contribution in [-0.4, -0.2) is 22.9 Å². The fraction of sp³-hybridized carbons (Fsp3) is 0.941. The van der Waals surface area contributed by atoms with Gasteiger partial charge in [-0.3, -0.25) is 4.79 Å². The van der Waals surface area contributed by atoms with E-state index in [-0.39, 0.29) is 5.92 Å². The fourth-order valence-electron chi connectivity index (χ4n) is 3.82. The molecule has 0 saturated carbocycles. The van der Waals surface area contributed by atoms with Gasteiger partial charge in [-0.15, -0.1) is 0 Å². The summed E-state index contributed by atoms with van der Waals surface area (Å²) in [5, 5.41) is 0. The molecule has 2 heteroatoms. The van der Waals surface area contributed by atoms with Crippen molar-refractivity contribution in [3.05, 3.63) is 0 Å². The van der Waals surface area contributed by atoms with Crippen LogP contribution < -0.4 is 0 Å². The molecule has 0 spiro atoms. The summed E-state index contributed by atoms with van der Waals surface area (Å²) in [6.07, 6.45) is 3.47. The highest BCUT2D eigenvalue weighted by Gasteiger charge is 2.41. The smallest absolute Gasteiger partial charge is 0.226 e. The minimum absolute atomic E-state index is 0.174. The van der Waals surface area contributed by atoms with Gasteiger partial charge in [0.2, 0.25) is 5.91 Å². The predicted molar refractivity (Wildman–Crippen MR) is 82.0 cm³/mol. The molecule has 1 fully saturated rings. The van der Waals surface area contributed by atoms with Crippen LogP contribution in [0.1, 0.15) is 67.7 Å². The molecule has 1 aliphatic rings. The zero-order valence-corrected chi connectivity index (χ0v) is 13.9. The molecule has 2 nitrogen and oxygen atoms in total. The van der Waals surface area contributed by atoms with Crippen molar-refractivity contribution in [2.75, 3.05) is 0 Å². The van der Waals surface area contributed by atoms with Crippen LogP contribution in [0.2, 0.25) is 0 Å². The van der Waals surface area contributed by atoms with Crippen LogP contribution in [0.3, 0.4) is 0 Å². The van der Waals surface area contributed by atoms with Crippen LogP contribution in [0.4, 0.5) is 0 Å². The zero-order valence-electron chi connectivity index (χ0n) is 13.9. The highest BCUT2D eigenvalue weighted by atomic mass is 16.2. The molecule has 1 heterocycles. The third-order valence-electron chi connectivity index (χ3n) is 4.76. The lowest BCUT2D eigenvalue weighted by atomic mass is 9.83. The summed E-state index contributed by atoms with van der Waals surface area (Å²) in [5.74, 6) is 2.01. The molecule has 2 atom stereocenters. The Labute approximate surface area is 119 Å². The Bertz CT molecular complexity index is 288. The Balaban J connectivity index is 2.97. The predicted octanol–water partition coefficient (Wildman–Crippen LogP) is 4.34. The first-order valence-electron chi connectivity index (χ1n) is 8.13. The first-order chi connectivity index (χ1) is 8.81. The number of nitrogens with zero attached hydrogens (tertiary/aromatic N) is 1. The molecular formula is C17H33NO. The van der Waals surface area contributed by atoms with Crippen LogP contribution in [0.25, 0.3) is 0 Å². The molecular weight excluding hydrogens is 234 g/mol. The van der Waals surface area contributed by atoms with Gasteiger partial charge < -0.3 is 4.90 Å². The first-order valence-corrected chi connectivity index (χ1v) is 8.13. The number of hydrogen-bond acceptors (Lipinski definition) is 1. The van der Waals surface area contributed by atoms with Gasteiger partial charge in [-0.1, -0.05) is 48.5 Å². The monoisotopic (exact) mass is 267 g/mol. The number of carbonyl (C=O) groups excluding carboxylic acids is 1. The minimum Gasteiger partial charge on any atom is -0.336 e. The van der Waals surface area contributed by atoms with E-state index in [0.29, 0.717) is 35.7 Å². The van der Waals surface area contributed by atoms with Crippen molar-refractivity contribution in [2.24, 2.45) is 23.7 Å². The molecule has 0 aromatic carbocycles. The maximum Gasteiger partial charge on any atom is 0.226 e. The van der Waals surface area contributed by atoms with Gasteiger partial charge >= 0.3 is 0 Å². The molecule has 0 bridgehead atoms. The molecule has 1 saturated heterocycles. The molecule has 0 aliphatic carbocycles. The maximum absolute atomic E-state index is 13.0. The molecule has 0 N–H and O–H groups in total. The van der Waals surface area contributed by atoms with E-state index >= 15 is 0 Å². The van der Waals surface area contributed by atoms with Gasteiger partial charge in [0.05, 0.1) is 0 Å². The van der Waals surface area contributed by atoms with E-state index in [0.717, 1.165) is 6.42 Å². The van der Waals surface area contributed by atoms with Gasteiger partial charge in [-0.05, 0) is 37.0 Å². The largest absolute Gasteiger partial charge is 0.336 e. The van der Waals surface area contributed by atoms with Gasteiger partial charge in [-0.2, -0.15) is 0 Å². The van der Waals surface area contributed by atoms with Gasteiger partial charge in [0.15, 0.2) is 0 Å². The summed E-state index contributed by atoms with van der Waals surface area (Å²) < 4.78 is 0. The van der Waals surface area contributed by atoms with E-state index in [1.165, 1.54) is 12.8 Å². The molecule has 0 aromatic rings. The third-order valence-corrected chi connectivity index (χ3v) is 4.76. The average molecular weight is 267 g/mol. The summed E-state index contributed by atoms with van der Waals surface area (Å²) >= 11 is 0. The molecule has 1 amide bonds.